The number of nitro benzene ring substituents is 1. The van der Waals surface area contributed by atoms with Gasteiger partial charge in [0.05, 0.1) is 18.1 Å². The largest absolute Gasteiger partial charge is 0.496 e. The Hall–Kier alpha value is -2.44. The molecule has 0 aliphatic heterocycles. The van der Waals surface area contributed by atoms with Crippen LogP contribution in [0, 0.1) is 10.1 Å². The van der Waals surface area contributed by atoms with E-state index in [9.17, 15) is 19.7 Å². The summed E-state index contributed by atoms with van der Waals surface area (Å²) in [4.78, 5) is 31.3. The molecule has 17 heavy (non-hydrogen) atoms. The molecule has 0 atom stereocenters. The van der Waals surface area contributed by atoms with Gasteiger partial charge in [0.2, 0.25) is 5.78 Å². The minimum atomic E-state index is -1.55. The molecule has 0 radical (unpaired) electrons. The molecule has 0 saturated heterocycles. The van der Waals surface area contributed by atoms with Crippen molar-refractivity contribution in [2.24, 2.45) is 0 Å². The SMILES string of the molecule is COc1cc([N+](=O)[O-])ccc1CC(=O)C(=O)O. The van der Waals surface area contributed by atoms with Gasteiger partial charge in [0.15, 0.2) is 0 Å². The lowest BCUT2D eigenvalue weighted by Crippen LogP contribution is -2.15. The van der Waals surface area contributed by atoms with Gasteiger partial charge in [-0.15, -0.1) is 0 Å². The highest BCUT2D eigenvalue weighted by molar-refractivity contribution is 6.33. The Morgan fingerprint density at radius 2 is 2.12 bits per heavy atom. The molecule has 0 saturated carbocycles. The second-order valence-electron chi connectivity index (χ2n) is 3.16. The molecule has 7 heteroatoms. The van der Waals surface area contributed by atoms with Gasteiger partial charge in [0.1, 0.15) is 5.75 Å². The van der Waals surface area contributed by atoms with E-state index in [1.807, 2.05) is 0 Å². The number of nitrogens with zero attached hydrogens (tertiary/aromatic N) is 1. The number of rotatable bonds is 5. The third kappa shape index (κ3) is 3.00. The first-order valence-corrected chi connectivity index (χ1v) is 4.53. The lowest BCUT2D eigenvalue weighted by molar-refractivity contribution is -0.384. The molecule has 1 aromatic carbocycles. The number of ether oxygens (including phenoxy) is 1. The van der Waals surface area contributed by atoms with Gasteiger partial charge in [-0.05, 0) is 6.07 Å². The van der Waals surface area contributed by atoms with Gasteiger partial charge in [0, 0.05) is 18.1 Å². The highest BCUT2D eigenvalue weighted by Gasteiger charge is 2.17. The van der Waals surface area contributed by atoms with Crippen molar-refractivity contribution in [3.8, 4) is 5.75 Å². The molecule has 0 heterocycles. The van der Waals surface area contributed by atoms with Gasteiger partial charge in [-0.1, -0.05) is 0 Å². The maximum Gasteiger partial charge on any atom is 0.372 e. The van der Waals surface area contributed by atoms with Crippen molar-refractivity contribution in [1.29, 1.82) is 0 Å². The molecule has 0 aliphatic rings. The Morgan fingerprint density at radius 1 is 1.47 bits per heavy atom. The van der Waals surface area contributed by atoms with Crippen LogP contribution in [0.2, 0.25) is 0 Å². The average Bonchev–Trinajstić information content (AvgIpc) is 2.28. The fourth-order valence-corrected chi connectivity index (χ4v) is 1.24. The molecule has 0 unspecified atom stereocenters. The molecule has 1 N–H and O–H groups in total. The zero-order valence-corrected chi connectivity index (χ0v) is 8.87. The summed E-state index contributed by atoms with van der Waals surface area (Å²) in [7, 11) is 1.29. The zero-order valence-electron chi connectivity index (χ0n) is 8.87. The molecule has 1 rings (SSSR count). The summed E-state index contributed by atoms with van der Waals surface area (Å²) in [5.41, 5.74) is 0.110. The first-order valence-electron chi connectivity index (χ1n) is 4.53. The molecular weight excluding hydrogens is 230 g/mol. The van der Waals surface area contributed by atoms with E-state index in [-0.39, 0.29) is 17.9 Å². The number of carbonyl (C=O) groups excluding carboxylic acids is 1. The van der Waals surface area contributed by atoms with E-state index in [0.29, 0.717) is 5.56 Å². The van der Waals surface area contributed by atoms with Crippen LogP contribution in [-0.2, 0) is 16.0 Å². The summed E-state index contributed by atoms with van der Waals surface area (Å²) >= 11 is 0. The molecular formula is C10H9NO6. The van der Waals surface area contributed by atoms with Gasteiger partial charge < -0.3 is 9.84 Å². The van der Waals surface area contributed by atoms with Crippen LogP contribution >= 0.6 is 0 Å². The number of carboxylic acid groups (broad SMARTS) is 1. The Morgan fingerprint density at radius 3 is 2.59 bits per heavy atom. The van der Waals surface area contributed by atoms with E-state index in [0.717, 1.165) is 6.07 Å². The van der Waals surface area contributed by atoms with Crippen LogP contribution in [0.3, 0.4) is 0 Å². The number of ketones is 1. The van der Waals surface area contributed by atoms with Gasteiger partial charge in [-0.25, -0.2) is 4.79 Å². The smallest absolute Gasteiger partial charge is 0.372 e. The first kappa shape index (κ1) is 12.6. The molecule has 0 bridgehead atoms. The molecule has 7 nitrogen and oxygen atoms in total. The first-order chi connectivity index (χ1) is 7.95. The van der Waals surface area contributed by atoms with E-state index in [1.54, 1.807) is 0 Å². The number of nitro groups is 1. The predicted molar refractivity (Wildman–Crippen MR) is 56.0 cm³/mol. The van der Waals surface area contributed by atoms with E-state index in [4.69, 9.17) is 9.84 Å². The van der Waals surface area contributed by atoms with E-state index in [2.05, 4.69) is 0 Å². The normalized spacial score (nSPS) is 9.71. The third-order valence-electron chi connectivity index (χ3n) is 2.07. The minimum absolute atomic E-state index is 0.119. The van der Waals surface area contributed by atoms with Crippen LogP contribution in [0.25, 0.3) is 0 Å². The van der Waals surface area contributed by atoms with E-state index < -0.39 is 16.7 Å². The molecule has 0 amide bonds. The fourth-order valence-electron chi connectivity index (χ4n) is 1.24. The predicted octanol–water partition coefficient (Wildman–Crippen LogP) is 0.800. The number of methoxy groups -OCH3 is 1. The van der Waals surface area contributed by atoms with Gasteiger partial charge in [0.25, 0.3) is 5.69 Å². The lowest BCUT2D eigenvalue weighted by atomic mass is 10.1. The van der Waals surface area contributed by atoms with Gasteiger partial charge >= 0.3 is 5.97 Å². The summed E-state index contributed by atoms with van der Waals surface area (Å²) in [6, 6.07) is 3.63. The van der Waals surface area contributed by atoms with Crippen LogP contribution in [-0.4, -0.2) is 28.9 Å². The minimum Gasteiger partial charge on any atom is -0.496 e. The highest BCUT2D eigenvalue weighted by atomic mass is 16.6. The van der Waals surface area contributed by atoms with Crippen molar-refractivity contribution >= 4 is 17.4 Å². The van der Waals surface area contributed by atoms with Crippen molar-refractivity contribution in [3.05, 3.63) is 33.9 Å². The van der Waals surface area contributed by atoms with Crippen molar-refractivity contribution in [3.63, 3.8) is 0 Å². The number of hydrogen-bond acceptors (Lipinski definition) is 5. The van der Waals surface area contributed by atoms with Crippen LogP contribution in [0.5, 0.6) is 5.75 Å². The Balaban J connectivity index is 3.05. The summed E-state index contributed by atoms with van der Waals surface area (Å²) in [5, 5.41) is 19.0. The zero-order chi connectivity index (χ0) is 13.0. The topological polar surface area (TPSA) is 107 Å². The molecule has 0 fully saturated rings. The summed E-state index contributed by atoms with van der Waals surface area (Å²) < 4.78 is 4.87. The number of hydrogen-bond donors (Lipinski definition) is 1. The Kier molecular flexibility index (Phi) is 3.76. The summed E-state index contributed by atoms with van der Waals surface area (Å²) in [5.74, 6) is -2.43. The number of non-ortho nitro benzene ring substituents is 1. The monoisotopic (exact) mass is 239 g/mol. The second kappa shape index (κ2) is 5.06. The number of benzene rings is 1. The third-order valence-corrected chi connectivity index (χ3v) is 2.07. The quantitative estimate of drug-likeness (QED) is 0.462. The number of carboxylic acids is 1. The maximum absolute atomic E-state index is 11.0. The van der Waals surface area contributed by atoms with Crippen LogP contribution in [0.4, 0.5) is 5.69 Å². The van der Waals surface area contributed by atoms with Gasteiger partial charge in [-0.3, -0.25) is 14.9 Å². The summed E-state index contributed by atoms with van der Waals surface area (Å²) in [6.07, 6.45) is -0.365. The summed E-state index contributed by atoms with van der Waals surface area (Å²) in [6.45, 7) is 0. The van der Waals surface area contributed by atoms with Crippen molar-refractivity contribution in [1.82, 2.24) is 0 Å². The maximum atomic E-state index is 11.0. The standard InChI is InChI=1S/C10H9NO6/c1-17-9-5-7(11(15)16)3-2-6(9)4-8(12)10(13)14/h2-3,5H,4H2,1H3,(H,13,14). The molecule has 0 aromatic heterocycles. The van der Waals surface area contributed by atoms with Crippen molar-refractivity contribution in [2.45, 2.75) is 6.42 Å². The van der Waals surface area contributed by atoms with Crippen molar-refractivity contribution in [2.75, 3.05) is 7.11 Å². The Bertz CT molecular complexity index is 482. The van der Waals surface area contributed by atoms with Gasteiger partial charge in [-0.2, -0.15) is 0 Å². The average molecular weight is 239 g/mol. The van der Waals surface area contributed by atoms with Crippen LogP contribution in [0.15, 0.2) is 18.2 Å². The lowest BCUT2D eigenvalue weighted by Gasteiger charge is -2.06. The number of Topliss-reactive ketones (excluding diaryl/α,β-unsaturated/α-hetero) is 1. The number of carbonyl (C=O) groups is 2. The van der Waals surface area contributed by atoms with Crippen LogP contribution < -0.4 is 4.74 Å². The highest BCUT2D eigenvalue weighted by Crippen LogP contribution is 2.25. The molecule has 90 valence electrons. The second-order valence-corrected chi connectivity index (χ2v) is 3.16. The fraction of sp³-hybridized carbons (Fsp3) is 0.200. The number of aliphatic carboxylic acids is 1. The Labute approximate surface area is 95.8 Å². The molecule has 0 spiro atoms. The molecule has 0 aliphatic carbocycles. The van der Waals surface area contributed by atoms with E-state index >= 15 is 0 Å². The van der Waals surface area contributed by atoms with Crippen LogP contribution in [0.1, 0.15) is 5.56 Å². The molecule has 1 aromatic rings. The van der Waals surface area contributed by atoms with E-state index in [1.165, 1.54) is 19.2 Å². The van der Waals surface area contributed by atoms with Crippen molar-refractivity contribution < 1.29 is 24.4 Å².